The van der Waals surface area contributed by atoms with Crippen LogP contribution in [-0.2, 0) is 0 Å². The Hall–Kier alpha value is -0.640. The molecule has 1 aliphatic heterocycles. The molecule has 2 rings (SSSR count). The molecule has 2 atom stereocenters. The summed E-state index contributed by atoms with van der Waals surface area (Å²) in [5.41, 5.74) is 6.88. The molecule has 100 valence electrons. The minimum Gasteiger partial charge on any atom is -0.326 e. The molecule has 0 saturated carbocycles. The molecule has 2 N–H and O–H groups in total. The number of nitrogens with zero attached hydrogens (tertiary/aromatic N) is 1. The highest BCUT2D eigenvalue weighted by Gasteiger charge is 2.29. The summed E-state index contributed by atoms with van der Waals surface area (Å²) in [5, 5.41) is 0.568. The summed E-state index contributed by atoms with van der Waals surface area (Å²) in [4.78, 5) is 2.26. The molecule has 0 spiro atoms. The lowest BCUT2D eigenvalue weighted by Gasteiger charge is -2.33. The molecule has 1 saturated heterocycles. The summed E-state index contributed by atoms with van der Waals surface area (Å²) in [6.07, 6.45) is 3.17. The van der Waals surface area contributed by atoms with Gasteiger partial charge in [0.05, 0.1) is 6.04 Å². The molecule has 0 aliphatic carbocycles. The Morgan fingerprint density at radius 2 is 2.22 bits per heavy atom. The van der Waals surface area contributed by atoms with Gasteiger partial charge in [-0.2, -0.15) is 0 Å². The first-order chi connectivity index (χ1) is 8.63. The van der Waals surface area contributed by atoms with Crippen LogP contribution in [0.25, 0.3) is 0 Å². The Balaban J connectivity index is 2.39. The third kappa shape index (κ3) is 2.85. The van der Waals surface area contributed by atoms with Crippen LogP contribution < -0.4 is 5.73 Å². The van der Waals surface area contributed by atoms with E-state index in [4.69, 9.17) is 17.3 Å². The molecule has 0 aromatic heterocycles. The van der Waals surface area contributed by atoms with Gasteiger partial charge in [0.2, 0.25) is 0 Å². The summed E-state index contributed by atoms with van der Waals surface area (Å²) < 4.78 is 14.0. The van der Waals surface area contributed by atoms with Gasteiger partial charge < -0.3 is 5.73 Å². The van der Waals surface area contributed by atoms with Crippen molar-refractivity contribution >= 4 is 11.6 Å². The van der Waals surface area contributed by atoms with Crippen molar-refractivity contribution in [3.8, 4) is 0 Å². The minimum absolute atomic E-state index is 0.0274. The zero-order valence-electron chi connectivity index (χ0n) is 10.7. The Morgan fingerprint density at radius 3 is 2.94 bits per heavy atom. The molecule has 1 aliphatic rings. The van der Waals surface area contributed by atoms with E-state index in [0.29, 0.717) is 10.6 Å². The van der Waals surface area contributed by atoms with E-state index in [9.17, 15) is 4.39 Å². The number of rotatable bonds is 2. The molecule has 0 amide bonds. The third-order valence-electron chi connectivity index (χ3n) is 3.71. The number of halogens is 2. The molecule has 1 heterocycles. The van der Waals surface area contributed by atoms with E-state index in [1.807, 2.05) is 0 Å². The van der Waals surface area contributed by atoms with Gasteiger partial charge in [-0.15, -0.1) is 0 Å². The molecule has 4 heteroatoms. The van der Waals surface area contributed by atoms with Gasteiger partial charge >= 0.3 is 0 Å². The van der Waals surface area contributed by atoms with Crippen molar-refractivity contribution in [1.29, 1.82) is 0 Å². The third-order valence-corrected chi connectivity index (χ3v) is 3.95. The molecule has 2 nitrogen and oxygen atoms in total. The topological polar surface area (TPSA) is 29.3 Å². The van der Waals surface area contributed by atoms with Crippen molar-refractivity contribution < 1.29 is 4.39 Å². The summed E-state index contributed by atoms with van der Waals surface area (Å²) in [5.74, 6) is -0.208. The minimum atomic E-state index is -0.208. The van der Waals surface area contributed by atoms with Crippen LogP contribution in [0.3, 0.4) is 0 Å². The average molecular weight is 271 g/mol. The van der Waals surface area contributed by atoms with Crippen LogP contribution in [0.5, 0.6) is 0 Å². The second-order valence-electron chi connectivity index (χ2n) is 4.90. The first-order valence-corrected chi connectivity index (χ1v) is 6.96. The van der Waals surface area contributed by atoms with Gasteiger partial charge in [-0.3, -0.25) is 4.90 Å². The predicted molar refractivity (Wildman–Crippen MR) is 73.2 cm³/mol. The van der Waals surface area contributed by atoms with Crippen LogP contribution in [0.4, 0.5) is 4.39 Å². The van der Waals surface area contributed by atoms with Crippen molar-refractivity contribution in [2.45, 2.75) is 38.3 Å². The smallest absolute Gasteiger partial charge is 0.128 e. The van der Waals surface area contributed by atoms with Crippen molar-refractivity contribution in [2.75, 3.05) is 13.1 Å². The van der Waals surface area contributed by atoms with E-state index in [0.717, 1.165) is 32.4 Å². The molecule has 0 bridgehead atoms. The molecule has 2 unspecified atom stereocenters. The molecule has 1 aromatic rings. The number of nitrogens with two attached hydrogens (primary N) is 1. The highest BCUT2D eigenvalue weighted by atomic mass is 35.5. The zero-order chi connectivity index (χ0) is 13.1. The molecular formula is C14H20ClFN2. The van der Waals surface area contributed by atoms with Gasteiger partial charge in [-0.25, -0.2) is 4.39 Å². The monoisotopic (exact) mass is 270 g/mol. The average Bonchev–Trinajstić information content (AvgIpc) is 2.54. The maximum Gasteiger partial charge on any atom is 0.128 e. The van der Waals surface area contributed by atoms with Crippen LogP contribution >= 0.6 is 11.6 Å². The van der Waals surface area contributed by atoms with E-state index in [1.54, 1.807) is 12.1 Å². The van der Waals surface area contributed by atoms with Gasteiger partial charge in [-0.1, -0.05) is 24.9 Å². The normalized spacial score (nSPS) is 26.0. The Kier molecular flexibility index (Phi) is 4.60. The highest BCUT2D eigenvalue weighted by molar-refractivity contribution is 6.30. The summed E-state index contributed by atoms with van der Waals surface area (Å²) in [6, 6.07) is 4.65. The molecule has 18 heavy (non-hydrogen) atoms. The zero-order valence-corrected chi connectivity index (χ0v) is 11.5. The molecular weight excluding hydrogens is 251 g/mol. The number of likely N-dealkylation sites (tertiary alicyclic amines) is 1. The van der Waals surface area contributed by atoms with Gasteiger partial charge in [0.15, 0.2) is 0 Å². The first kappa shape index (κ1) is 13.8. The Bertz CT molecular complexity index is 411. The van der Waals surface area contributed by atoms with Crippen molar-refractivity contribution in [1.82, 2.24) is 4.90 Å². The molecule has 1 fully saturated rings. The van der Waals surface area contributed by atoms with Crippen molar-refractivity contribution in [3.63, 3.8) is 0 Å². The summed E-state index contributed by atoms with van der Waals surface area (Å²) in [6.45, 7) is 3.94. The van der Waals surface area contributed by atoms with Gasteiger partial charge in [0, 0.05) is 16.6 Å². The maximum atomic E-state index is 14.0. The van der Waals surface area contributed by atoms with E-state index in [1.165, 1.54) is 6.07 Å². The van der Waals surface area contributed by atoms with Crippen LogP contribution in [0.2, 0.25) is 5.02 Å². The lowest BCUT2D eigenvalue weighted by Crippen LogP contribution is -2.40. The van der Waals surface area contributed by atoms with Crippen LogP contribution in [-0.4, -0.2) is 24.0 Å². The van der Waals surface area contributed by atoms with E-state index < -0.39 is 0 Å². The number of hydrogen-bond acceptors (Lipinski definition) is 2. The van der Waals surface area contributed by atoms with E-state index in [-0.39, 0.29) is 17.9 Å². The van der Waals surface area contributed by atoms with Crippen LogP contribution in [0, 0.1) is 5.82 Å². The van der Waals surface area contributed by atoms with E-state index >= 15 is 0 Å². The summed E-state index contributed by atoms with van der Waals surface area (Å²) >= 11 is 5.99. The van der Waals surface area contributed by atoms with Gasteiger partial charge in [0.25, 0.3) is 0 Å². The molecule has 0 radical (unpaired) electrons. The highest BCUT2D eigenvalue weighted by Crippen LogP contribution is 2.32. The van der Waals surface area contributed by atoms with Gasteiger partial charge in [0.1, 0.15) is 5.82 Å². The quantitative estimate of drug-likeness (QED) is 0.893. The Morgan fingerprint density at radius 1 is 1.44 bits per heavy atom. The first-order valence-electron chi connectivity index (χ1n) is 6.58. The standard InChI is InChI=1S/C14H20ClFN2/c1-2-18-8-4-3-5-13(17)14(18)11-9-10(15)6-7-12(11)16/h6-7,9,13-14H,2-5,8,17H2,1H3. The van der Waals surface area contributed by atoms with Gasteiger partial charge in [-0.05, 0) is 44.1 Å². The number of likely N-dealkylation sites (N-methyl/N-ethyl adjacent to an activating group) is 1. The van der Waals surface area contributed by atoms with Crippen LogP contribution in [0.1, 0.15) is 37.8 Å². The van der Waals surface area contributed by atoms with Crippen molar-refractivity contribution in [2.24, 2.45) is 5.73 Å². The second kappa shape index (κ2) is 6.00. The lowest BCUT2D eigenvalue weighted by atomic mass is 9.96. The lowest BCUT2D eigenvalue weighted by molar-refractivity contribution is 0.191. The van der Waals surface area contributed by atoms with E-state index in [2.05, 4.69) is 11.8 Å². The maximum absolute atomic E-state index is 14.0. The fourth-order valence-corrected chi connectivity index (χ4v) is 2.97. The predicted octanol–water partition coefficient (Wildman–Crippen LogP) is 3.35. The second-order valence-corrected chi connectivity index (χ2v) is 5.34. The summed E-state index contributed by atoms with van der Waals surface area (Å²) in [7, 11) is 0. The number of hydrogen-bond donors (Lipinski definition) is 1. The molecule has 1 aromatic carbocycles. The fourth-order valence-electron chi connectivity index (χ4n) is 2.79. The SMILES string of the molecule is CCN1CCCCC(N)C1c1cc(Cl)ccc1F. The number of benzene rings is 1. The largest absolute Gasteiger partial charge is 0.326 e. The Labute approximate surface area is 113 Å². The van der Waals surface area contributed by atoms with Crippen molar-refractivity contribution in [3.05, 3.63) is 34.6 Å². The fraction of sp³-hybridized carbons (Fsp3) is 0.571. The van der Waals surface area contributed by atoms with Crippen LogP contribution in [0.15, 0.2) is 18.2 Å².